The molecule has 0 aromatic heterocycles. The molecule has 0 aliphatic rings. The normalized spacial score (nSPS) is 13.7. The monoisotopic (exact) mass is 312 g/mol. The molecule has 1 unspecified atom stereocenters. The lowest BCUT2D eigenvalue weighted by Crippen LogP contribution is -2.49. The lowest BCUT2D eigenvalue weighted by atomic mass is 10.2. The van der Waals surface area contributed by atoms with Crippen LogP contribution in [0.1, 0.15) is 33.1 Å². The van der Waals surface area contributed by atoms with Gasteiger partial charge >= 0.3 is 5.97 Å². The Kier molecular flexibility index (Phi) is 9.42. The van der Waals surface area contributed by atoms with Gasteiger partial charge < -0.3 is 5.11 Å². The minimum absolute atomic E-state index is 0.280. The molecule has 0 amide bonds. The SMILES string of the molecule is CCCN(CCC)S(=O)(=O)NC(CCSC)C(=O)O. The third-order valence-electron chi connectivity index (χ3n) is 2.49. The highest BCUT2D eigenvalue weighted by atomic mass is 32.2. The molecule has 0 saturated heterocycles. The number of carboxylic acids is 1. The van der Waals surface area contributed by atoms with E-state index in [0.29, 0.717) is 31.7 Å². The number of nitrogens with one attached hydrogen (secondary N) is 1. The first-order valence-electron chi connectivity index (χ1n) is 6.38. The molecule has 0 heterocycles. The van der Waals surface area contributed by atoms with Crippen LogP contribution < -0.4 is 4.72 Å². The number of nitrogens with zero attached hydrogens (tertiary/aromatic N) is 1. The van der Waals surface area contributed by atoms with Gasteiger partial charge in [-0.3, -0.25) is 4.79 Å². The fraction of sp³-hybridized carbons (Fsp3) is 0.909. The van der Waals surface area contributed by atoms with Gasteiger partial charge in [0.15, 0.2) is 0 Å². The topological polar surface area (TPSA) is 86.7 Å². The second kappa shape index (κ2) is 9.57. The van der Waals surface area contributed by atoms with Crippen LogP contribution in [0, 0.1) is 0 Å². The van der Waals surface area contributed by atoms with E-state index in [0.717, 1.165) is 0 Å². The Morgan fingerprint density at radius 1 is 1.32 bits per heavy atom. The van der Waals surface area contributed by atoms with Crippen molar-refractivity contribution in [2.45, 2.75) is 39.2 Å². The zero-order valence-corrected chi connectivity index (χ0v) is 13.4. The third kappa shape index (κ3) is 7.14. The van der Waals surface area contributed by atoms with E-state index in [1.165, 1.54) is 16.1 Å². The van der Waals surface area contributed by atoms with Crippen LogP contribution in [0.5, 0.6) is 0 Å². The minimum Gasteiger partial charge on any atom is -0.480 e. The van der Waals surface area contributed by atoms with E-state index in [2.05, 4.69) is 4.72 Å². The number of rotatable bonds is 11. The van der Waals surface area contributed by atoms with Gasteiger partial charge in [0, 0.05) is 13.1 Å². The summed E-state index contributed by atoms with van der Waals surface area (Å²) in [7, 11) is -3.73. The van der Waals surface area contributed by atoms with Gasteiger partial charge in [-0.05, 0) is 31.3 Å². The number of hydrogen-bond acceptors (Lipinski definition) is 4. The molecule has 6 nitrogen and oxygen atoms in total. The number of hydrogen-bond donors (Lipinski definition) is 2. The first-order valence-corrected chi connectivity index (χ1v) is 9.21. The van der Waals surface area contributed by atoms with E-state index in [1.807, 2.05) is 20.1 Å². The summed E-state index contributed by atoms with van der Waals surface area (Å²) in [6.07, 6.45) is 3.53. The molecule has 8 heteroatoms. The zero-order chi connectivity index (χ0) is 14.9. The Morgan fingerprint density at radius 2 is 1.84 bits per heavy atom. The molecule has 0 aromatic rings. The summed E-state index contributed by atoms with van der Waals surface area (Å²) < 4.78 is 27.9. The number of carbonyl (C=O) groups is 1. The third-order valence-corrected chi connectivity index (χ3v) is 4.76. The fourth-order valence-corrected chi connectivity index (χ4v) is 3.62. The van der Waals surface area contributed by atoms with Crippen LogP contribution in [0.3, 0.4) is 0 Å². The molecule has 2 N–H and O–H groups in total. The average Bonchev–Trinajstić information content (AvgIpc) is 2.33. The molecule has 19 heavy (non-hydrogen) atoms. The van der Waals surface area contributed by atoms with Crippen molar-refractivity contribution in [3.05, 3.63) is 0 Å². The molecule has 0 aliphatic heterocycles. The van der Waals surface area contributed by atoms with Crippen LogP contribution in [0.4, 0.5) is 0 Å². The van der Waals surface area contributed by atoms with E-state index >= 15 is 0 Å². The van der Waals surface area contributed by atoms with Gasteiger partial charge in [-0.25, -0.2) is 0 Å². The van der Waals surface area contributed by atoms with Crippen molar-refractivity contribution in [2.75, 3.05) is 25.1 Å². The van der Waals surface area contributed by atoms with E-state index in [1.54, 1.807) is 0 Å². The second-order valence-corrected chi connectivity index (χ2v) is 6.88. The first-order chi connectivity index (χ1) is 8.88. The molecule has 0 saturated carbocycles. The minimum atomic E-state index is -3.73. The number of aliphatic carboxylic acids is 1. The highest BCUT2D eigenvalue weighted by Gasteiger charge is 2.27. The van der Waals surface area contributed by atoms with Crippen LogP contribution in [-0.4, -0.2) is 54.9 Å². The van der Waals surface area contributed by atoms with Crippen LogP contribution in [-0.2, 0) is 15.0 Å². The number of thioether (sulfide) groups is 1. The largest absolute Gasteiger partial charge is 0.480 e. The van der Waals surface area contributed by atoms with Crippen molar-refractivity contribution >= 4 is 27.9 Å². The van der Waals surface area contributed by atoms with E-state index < -0.39 is 22.2 Å². The van der Waals surface area contributed by atoms with Crippen molar-refractivity contribution < 1.29 is 18.3 Å². The predicted molar refractivity (Wildman–Crippen MR) is 78.6 cm³/mol. The molecular weight excluding hydrogens is 288 g/mol. The Bertz CT molecular complexity index is 354. The van der Waals surface area contributed by atoms with Crippen molar-refractivity contribution in [3.8, 4) is 0 Å². The molecule has 114 valence electrons. The maximum atomic E-state index is 12.1. The Labute approximate surface area is 120 Å². The summed E-state index contributed by atoms with van der Waals surface area (Å²) in [5, 5.41) is 9.05. The van der Waals surface area contributed by atoms with Gasteiger partial charge in [0.25, 0.3) is 10.2 Å². The van der Waals surface area contributed by atoms with Gasteiger partial charge in [0.2, 0.25) is 0 Å². The van der Waals surface area contributed by atoms with E-state index in [4.69, 9.17) is 5.11 Å². The Hall–Kier alpha value is -0.310. The lowest BCUT2D eigenvalue weighted by molar-refractivity contribution is -0.139. The maximum Gasteiger partial charge on any atom is 0.321 e. The molecule has 0 spiro atoms. The van der Waals surface area contributed by atoms with Gasteiger partial charge in [0.1, 0.15) is 6.04 Å². The number of carboxylic acid groups (broad SMARTS) is 1. The van der Waals surface area contributed by atoms with Crippen molar-refractivity contribution in [2.24, 2.45) is 0 Å². The Balaban J connectivity index is 4.80. The summed E-state index contributed by atoms with van der Waals surface area (Å²) in [6, 6.07) is -1.06. The zero-order valence-electron chi connectivity index (χ0n) is 11.8. The van der Waals surface area contributed by atoms with Crippen LogP contribution in [0.15, 0.2) is 0 Å². The van der Waals surface area contributed by atoms with Gasteiger partial charge in [-0.15, -0.1) is 0 Å². The van der Waals surface area contributed by atoms with Crippen molar-refractivity contribution in [3.63, 3.8) is 0 Å². The van der Waals surface area contributed by atoms with E-state index in [9.17, 15) is 13.2 Å². The van der Waals surface area contributed by atoms with Crippen LogP contribution >= 0.6 is 11.8 Å². The van der Waals surface area contributed by atoms with Crippen molar-refractivity contribution in [1.82, 2.24) is 9.03 Å². The second-order valence-electron chi connectivity index (χ2n) is 4.19. The first kappa shape index (κ1) is 18.7. The molecule has 0 radical (unpaired) electrons. The molecule has 0 fully saturated rings. The smallest absolute Gasteiger partial charge is 0.321 e. The average molecular weight is 312 g/mol. The summed E-state index contributed by atoms with van der Waals surface area (Å²) >= 11 is 1.49. The summed E-state index contributed by atoms with van der Waals surface area (Å²) in [5.74, 6) is -0.535. The standard InChI is InChI=1S/C11H24N2O4S2/c1-4-7-13(8-5-2)19(16,17)12-10(11(14)15)6-9-18-3/h10,12H,4-9H2,1-3H3,(H,14,15). The quantitative estimate of drug-likeness (QED) is 0.597. The molecule has 1 atom stereocenters. The van der Waals surface area contributed by atoms with E-state index in [-0.39, 0.29) is 6.42 Å². The summed E-state index contributed by atoms with van der Waals surface area (Å²) in [4.78, 5) is 11.1. The molecule has 0 aromatic carbocycles. The lowest BCUT2D eigenvalue weighted by Gasteiger charge is -2.23. The molecule has 0 bridgehead atoms. The predicted octanol–water partition coefficient (Wildman–Crippen LogP) is 1.15. The highest BCUT2D eigenvalue weighted by Crippen LogP contribution is 2.07. The highest BCUT2D eigenvalue weighted by molar-refractivity contribution is 7.98. The molecule has 0 rings (SSSR count). The fourth-order valence-electron chi connectivity index (χ4n) is 1.57. The van der Waals surface area contributed by atoms with Crippen LogP contribution in [0.25, 0.3) is 0 Å². The van der Waals surface area contributed by atoms with Gasteiger partial charge in [-0.1, -0.05) is 13.8 Å². The van der Waals surface area contributed by atoms with Crippen molar-refractivity contribution in [1.29, 1.82) is 0 Å². The molecule has 0 aliphatic carbocycles. The summed E-state index contributed by atoms with van der Waals surface area (Å²) in [6.45, 7) is 4.58. The van der Waals surface area contributed by atoms with Gasteiger partial charge in [-0.2, -0.15) is 29.2 Å². The van der Waals surface area contributed by atoms with Crippen LogP contribution in [0.2, 0.25) is 0 Å². The van der Waals surface area contributed by atoms with Gasteiger partial charge in [0.05, 0.1) is 0 Å². The maximum absolute atomic E-state index is 12.1. The Morgan fingerprint density at radius 3 is 2.21 bits per heavy atom. The molecular formula is C11H24N2O4S2. The summed E-state index contributed by atoms with van der Waals surface area (Å²) in [5.41, 5.74) is 0.